The number of benzene rings is 4. The summed E-state index contributed by atoms with van der Waals surface area (Å²) in [4.78, 5) is 91.3. The Bertz CT molecular complexity index is 7200. The van der Waals surface area contributed by atoms with E-state index in [1.807, 2.05) is 172 Å². The fraction of sp³-hybridized carbons (Fsp3) is 0.311. The number of aromatic nitrogens is 22. The van der Waals surface area contributed by atoms with E-state index in [1.165, 1.54) is 53.9 Å². The van der Waals surface area contributed by atoms with E-state index in [9.17, 15) is 4.79 Å². The minimum atomic E-state index is -0.457. The summed E-state index contributed by atoms with van der Waals surface area (Å²) >= 11 is 12.8. The van der Waals surface area contributed by atoms with Crippen LogP contribution in [-0.4, -0.2) is 197 Å². The first-order chi connectivity index (χ1) is 67.2. The molecule has 34 heteroatoms. The smallest absolute Gasteiger partial charge is 0.348 e. The highest BCUT2D eigenvalue weighted by atomic mass is 35.5. The Hall–Kier alpha value is -15.7. The van der Waals surface area contributed by atoms with E-state index >= 15 is 0 Å². The molecule has 13 aromatic rings. The van der Waals surface area contributed by atoms with Gasteiger partial charge in [-0.3, -0.25) is 4.98 Å². The van der Waals surface area contributed by atoms with Gasteiger partial charge in [0.25, 0.3) is 29.7 Å². The third-order valence-corrected chi connectivity index (χ3v) is 26.2. The van der Waals surface area contributed by atoms with Crippen molar-refractivity contribution in [2.45, 2.75) is 143 Å². The molecule has 0 radical (unpaired) electrons. The Morgan fingerprint density at radius 1 is 0.414 bits per heavy atom. The normalized spacial score (nSPS) is 16.6. The highest BCUT2D eigenvalue weighted by Gasteiger charge is 2.42. The SMILES string of the molecule is CCN1C(=Cc2nc(-n3nc(C)cc3C)nc(-n3nc(C)cc3C)n2)N(CC)c2cc(Cl)c(Cl)cc21.CN1C=CC=C2C1=N/C(=C\c1nc(/C=C3\N=C4C(=CC=CN4C)C3(C)C)[nH]c(=O)n1)C2(C)C.Cc1cc(C)n(-c2nc(/C=C3\CCN(C)c4ccccc43)nc(-n3nc(C)cc3C)n2)n1.Cc1cc(C)n(-c2nc(C#Cc3ccc(N4CCCC4)cc3)nc(C#Cc3ccc(N4CCCC4)cc3)n2)n1. The van der Waals surface area contributed by atoms with Gasteiger partial charge in [-0.2, -0.15) is 75.3 Å². The number of halogens is 2. The van der Waals surface area contributed by atoms with Gasteiger partial charge < -0.3 is 34.3 Å². The molecule has 1 N–H and O–H groups in total. The van der Waals surface area contributed by atoms with Crippen LogP contribution in [-0.2, 0) is 0 Å². The van der Waals surface area contributed by atoms with Crippen LogP contribution in [0.1, 0.15) is 182 Å². The molecule has 9 aromatic heterocycles. The van der Waals surface area contributed by atoms with Gasteiger partial charge in [0.2, 0.25) is 11.6 Å². The van der Waals surface area contributed by atoms with Gasteiger partial charge in [0.05, 0.1) is 61.3 Å². The van der Waals surface area contributed by atoms with Gasteiger partial charge >= 0.3 is 5.69 Å². The topological polar surface area (TPSA) is 311 Å². The predicted molar refractivity (Wildman–Crippen MR) is 554 cm³/mol. The Labute approximate surface area is 824 Å². The van der Waals surface area contributed by atoms with Crippen molar-refractivity contribution in [3.05, 3.63) is 309 Å². The maximum Gasteiger partial charge on any atom is 0.348 e. The number of aliphatic imine (C=N–C) groups is 2. The van der Waals surface area contributed by atoms with Gasteiger partial charge in [0.15, 0.2) is 17.5 Å². The number of hydrogen-bond acceptors (Lipinski definition) is 26. The minimum absolute atomic E-state index is 0.312. The van der Waals surface area contributed by atoms with Gasteiger partial charge in [-0.05, 0) is 248 Å². The maximum atomic E-state index is 12.4. The van der Waals surface area contributed by atoms with Crippen molar-refractivity contribution >= 4 is 93.2 Å². The number of aromatic amines is 1. The summed E-state index contributed by atoms with van der Waals surface area (Å²) in [6.45, 7) is 39.2. The largest absolute Gasteiger partial charge is 0.374 e. The monoisotopic (exact) mass is 1900 g/mol. The number of anilines is 5. The van der Waals surface area contributed by atoms with Crippen LogP contribution in [0.2, 0.25) is 10.0 Å². The molecule has 0 saturated carbocycles. The molecule has 32 nitrogen and oxygen atoms in total. The molecule has 710 valence electrons. The lowest BCUT2D eigenvalue weighted by Crippen LogP contribution is -2.28. The van der Waals surface area contributed by atoms with E-state index in [-0.39, 0.29) is 10.8 Å². The fourth-order valence-corrected chi connectivity index (χ4v) is 18.7. The molecule has 140 heavy (non-hydrogen) atoms. The van der Waals surface area contributed by atoms with E-state index in [4.69, 9.17) is 63.1 Å². The first-order valence-corrected chi connectivity index (χ1v) is 47.8. The fourth-order valence-electron chi connectivity index (χ4n) is 18.4. The molecule has 2 fully saturated rings. The van der Waals surface area contributed by atoms with Gasteiger partial charge in [-0.1, -0.05) is 93.1 Å². The highest BCUT2D eigenvalue weighted by Crippen LogP contribution is 2.48. The molecule has 0 bridgehead atoms. The maximum absolute atomic E-state index is 12.4. The van der Waals surface area contributed by atoms with Crippen LogP contribution >= 0.6 is 23.2 Å². The number of H-pyrrole nitrogens is 1. The average Bonchev–Trinajstić information content (AvgIpc) is 1.60. The number of likely N-dealkylation sites (N-methyl/N-ethyl adjacent to an activating group) is 2. The quantitative estimate of drug-likeness (QED) is 0.105. The lowest BCUT2D eigenvalue weighted by molar-refractivity contribution is 0.565. The molecule has 17 heterocycles. The lowest BCUT2D eigenvalue weighted by atomic mass is 9.81. The Morgan fingerprint density at radius 3 is 1.19 bits per heavy atom. The van der Waals surface area contributed by atoms with Crippen molar-refractivity contribution in [2.75, 3.05) is 91.5 Å². The zero-order valence-electron chi connectivity index (χ0n) is 82.3. The number of aryl methyl sites for hydroxylation is 10. The third kappa shape index (κ3) is 20.0. The van der Waals surface area contributed by atoms with Crippen molar-refractivity contribution < 1.29 is 0 Å². The molecule has 0 spiro atoms. The molecule has 8 aliphatic rings. The van der Waals surface area contributed by atoms with Gasteiger partial charge in [-0.15, -0.1) is 0 Å². The molecular weight excluding hydrogens is 1790 g/mol. The number of amidine groups is 2. The summed E-state index contributed by atoms with van der Waals surface area (Å²) in [6.07, 6.45) is 25.7. The summed E-state index contributed by atoms with van der Waals surface area (Å²) in [5.74, 6) is 20.2. The van der Waals surface area contributed by atoms with Crippen LogP contribution < -0.4 is 30.2 Å². The number of nitrogens with zero attached hydrogens (tertiary/aromatic N) is 30. The Kier molecular flexibility index (Phi) is 26.7. The lowest BCUT2D eigenvalue weighted by Gasteiger charge is -2.29. The van der Waals surface area contributed by atoms with Crippen molar-refractivity contribution in [3.8, 4) is 53.4 Å². The zero-order chi connectivity index (χ0) is 98.3. The van der Waals surface area contributed by atoms with Crippen molar-refractivity contribution in [3.63, 3.8) is 0 Å². The summed E-state index contributed by atoms with van der Waals surface area (Å²) in [5, 5.41) is 23.9. The van der Waals surface area contributed by atoms with Gasteiger partial charge in [0, 0.05) is 182 Å². The average molecular weight is 1910 g/mol. The molecule has 2 saturated heterocycles. The first-order valence-electron chi connectivity index (χ1n) is 47.1. The van der Waals surface area contributed by atoms with Crippen LogP contribution in [0.25, 0.3) is 59.6 Å². The summed E-state index contributed by atoms with van der Waals surface area (Å²) in [7, 11) is 6.07. The molecular formula is C106H111Cl2N31O. The second-order valence-electron chi connectivity index (χ2n) is 36.8. The predicted octanol–water partition coefficient (Wildman–Crippen LogP) is 17.5. The second kappa shape index (κ2) is 39.4. The molecule has 0 unspecified atom stereocenters. The molecule has 8 aliphatic heterocycles. The van der Waals surface area contributed by atoms with Gasteiger partial charge in [-0.25, -0.2) is 43.2 Å². The molecule has 21 rings (SSSR count). The van der Waals surface area contributed by atoms with Crippen molar-refractivity contribution in [2.24, 2.45) is 20.8 Å². The standard InChI is InChI=1S/C32H31N7.C25H27Cl2N9.C25H27N7O.C24H26N8/c1-24-23-25(2)39(36-24)32-34-30(17-11-26-7-13-28(14-8-26)37-19-3-4-20-37)33-31(35-32)18-12-27-9-15-29(16-10-27)38-21-5-6-22-38;1-7-33-20-11-18(26)19(27)12-21(20)34(8-2)23(33)13-22-28-24(35-16(5)9-14(3)31-35)30-25(29-22)36-17(6)10-15(4)32-36;1-24(2)15-9-7-11-31(5)21(15)26-17(24)13-19-28-20(30-23(33)29-19)14-18-25(3,4)16-10-8-12-32(6)22(16)27-18;1-15-12-17(3)31(28-15)23-25-22(26-24(27-23)32-18(4)13-16(2)29-32)14-19-10-11-30(5)21-9-7-6-8-20(19)21/h7-10,13-16,23H,3-6,19-22H2,1-2H3;9-13H,7-8H2,1-6H3;7-14H,1-6H3,(H,28,29,30,33);6-9,12-14H,10-11H2,1-5H3/b;;17-13-,18-14-;19-14+. The number of hydrogen-bond donors (Lipinski definition) is 1. The number of nitrogens with one attached hydrogen (secondary N) is 1. The second-order valence-corrected chi connectivity index (χ2v) is 37.6. The van der Waals surface area contributed by atoms with Crippen LogP contribution in [0, 0.1) is 104 Å². The van der Waals surface area contributed by atoms with E-state index in [0.29, 0.717) is 74.7 Å². The van der Waals surface area contributed by atoms with E-state index in [2.05, 4.69) is 243 Å². The minimum Gasteiger partial charge on any atom is -0.374 e. The number of rotatable bonds is 13. The van der Waals surface area contributed by atoms with E-state index in [0.717, 1.165) is 172 Å². The number of allylic oxidation sites excluding steroid dienone is 6. The molecule has 4 aromatic carbocycles. The van der Waals surface area contributed by atoms with Crippen LogP contribution in [0.3, 0.4) is 0 Å². The third-order valence-electron chi connectivity index (χ3n) is 25.5. The summed E-state index contributed by atoms with van der Waals surface area (Å²) < 4.78 is 8.69. The van der Waals surface area contributed by atoms with E-state index in [1.54, 1.807) is 29.5 Å². The highest BCUT2D eigenvalue weighted by molar-refractivity contribution is 6.42. The number of para-hydroxylation sites is 1. The Morgan fingerprint density at radius 2 is 0.800 bits per heavy atom. The number of fused-ring (bicyclic) bond motifs is 4. The van der Waals surface area contributed by atoms with Crippen LogP contribution in [0.5, 0.6) is 0 Å². The molecule has 0 aliphatic carbocycles. The first kappa shape index (κ1) is 94.7. The zero-order valence-corrected chi connectivity index (χ0v) is 83.8. The summed E-state index contributed by atoms with van der Waals surface area (Å²) in [5.41, 5.74) is 22.0. The summed E-state index contributed by atoms with van der Waals surface area (Å²) in [6, 6.07) is 39.0. The molecule has 0 amide bonds. The van der Waals surface area contributed by atoms with Crippen molar-refractivity contribution in [1.29, 1.82) is 0 Å². The Balaban J connectivity index is 0.000000124. The van der Waals surface area contributed by atoms with Gasteiger partial charge in [0.1, 0.15) is 23.3 Å². The van der Waals surface area contributed by atoms with Crippen molar-refractivity contribution in [1.82, 2.24) is 119 Å². The van der Waals surface area contributed by atoms with Crippen LogP contribution in [0.15, 0.2) is 195 Å². The van der Waals surface area contributed by atoms with Crippen LogP contribution in [0.4, 0.5) is 28.4 Å². The molecule has 0 atom stereocenters. The van der Waals surface area contributed by atoms with E-state index < -0.39 is 5.69 Å².